The molecule has 2 heteroatoms. The van der Waals surface area contributed by atoms with Crippen molar-refractivity contribution in [2.45, 2.75) is 6.10 Å². The molecule has 0 unspecified atom stereocenters. The lowest BCUT2D eigenvalue weighted by molar-refractivity contribution is 0.220. The van der Waals surface area contributed by atoms with Gasteiger partial charge in [-0.3, -0.25) is 0 Å². The summed E-state index contributed by atoms with van der Waals surface area (Å²) < 4.78 is 0. The van der Waals surface area contributed by atoms with Crippen LogP contribution in [0.4, 0.5) is 0 Å². The van der Waals surface area contributed by atoms with E-state index in [1.54, 1.807) is 30.3 Å². The second-order valence-electron chi connectivity index (χ2n) is 2.73. The number of hydrogen-bond acceptors (Lipinski definition) is 1. The third-order valence-electron chi connectivity index (χ3n) is 1.80. The van der Waals surface area contributed by atoms with Gasteiger partial charge in [0.1, 0.15) is 6.10 Å². The number of aliphatic hydroxyl groups excluding tert-OH is 1. The Balaban J connectivity index is 2.89. The lowest BCUT2D eigenvalue weighted by Crippen LogP contribution is -1.97. The molecule has 13 heavy (non-hydrogen) atoms. The molecule has 1 aromatic rings. The van der Waals surface area contributed by atoms with Gasteiger partial charge in [-0.05, 0) is 23.3 Å². The molecule has 1 atom stereocenters. The van der Waals surface area contributed by atoms with Gasteiger partial charge in [0.2, 0.25) is 0 Å². The maximum absolute atomic E-state index is 9.67. The number of rotatable bonds is 3. The second kappa shape index (κ2) is 4.26. The zero-order valence-electron chi connectivity index (χ0n) is 7.20. The first kappa shape index (κ1) is 10.0. The summed E-state index contributed by atoms with van der Waals surface area (Å²) in [6.45, 7) is 7.21. The third kappa shape index (κ3) is 2.44. The second-order valence-corrected chi connectivity index (χ2v) is 3.17. The van der Waals surface area contributed by atoms with Crippen molar-refractivity contribution >= 4 is 11.6 Å². The maximum Gasteiger partial charge on any atom is 0.103 e. The molecule has 0 radical (unpaired) electrons. The molecule has 0 aromatic heterocycles. The average molecular weight is 195 g/mol. The first-order valence-corrected chi connectivity index (χ1v) is 4.27. The lowest BCUT2D eigenvalue weighted by atomic mass is 10.0. The van der Waals surface area contributed by atoms with E-state index in [1.165, 1.54) is 0 Å². The van der Waals surface area contributed by atoms with E-state index in [0.29, 0.717) is 10.6 Å². The van der Waals surface area contributed by atoms with Crippen LogP contribution < -0.4 is 0 Å². The summed E-state index contributed by atoms with van der Waals surface area (Å²) in [7, 11) is 0. The van der Waals surface area contributed by atoms with Crippen LogP contribution >= 0.6 is 11.6 Å². The van der Waals surface area contributed by atoms with Crippen LogP contribution in [0.15, 0.2) is 49.1 Å². The first-order valence-electron chi connectivity index (χ1n) is 3.90. The van der Waals surface area contributed by atoms with Gasteiger partial charge < -0.3 is 5.11 Å². The Morgan fingerprint density at radius 1 is 1.38 bits per heavy atom. The van der Waals surface area contributed by atoms with Crippen molar-refractivity contribution in [1.29, 1.82) is 0 Å². The smallest absolute Gasteiger partial charge is 0.103 e. The Hall–Kier alpha value is -1.05. The van der Waals surface area contributed by atoms with E-state index < -0.39 is 6.10 Å². The Bertz CT molecular complexity index is 313. The molecule has 0 aliphatic carbocycles. The molecule has 1 N–H and O–H groups in total. The molecule has 68 valence electrons. The molecule has 0 amide bonds. The summed E-state index contributed by atoms with van der Waals surface area (Å²) in [5.41, 5.74) is 1.36. The molecule has 1 nitrogen and oxygen atoms in total. The van der Waals surface area contributed by atoms with Crippen molar-refractivity contribution in [3.05, 3.63) is 59.7 Å². The van der Waals surface area contributed by atoms with Crippen molar-refractivity contribution in [1.82, 2.24) is 0 Å². The highest BCUT2D eigenvalue weighted by Gasteiger charge is 2.07. The molecule has 0 aliphatic heterocycles. The van der Waals surface area contributed by atoms with Crippen LogP contribution in [0.2, 0.25) is 5.02 Å². The predicted octanol–water partition coefficient (Wildman–Crippen LogP) is 3.12. The van der Waals surface area contributed by atoms with Crippen molar-refractivity contribution in [3.63, 3.8) is 0 Å². The molecule has 0 heterocycles. The van der Waals surface area contributed by atoms with Crippen LogP contribution in [0.1, 0.15) is 11.7 Å². The zero-order chi connectivity index (χ0) is 9.84. The summed E-state index contributed by atoms with van der Waals surface area (Å²) in [6, 6.07) is 7.00. The van der Waals surface area contributed by atoms with Gasteiger partial charge in [0.15, 0.2) is 0 Å². The van der Waals surface area contributed by atoms with E-state index in [0.717, 1.165) is 5.56 Å². The number of benzene rings is 1. The molecule has 0 bridgehead atoms. The quantitative estimate of drug-likeness (QED) is 0.734. The Kier molecular flexibility index (Phi) is 3.29. The minimum Gasteiger partial charge on any atom is -0.384 e. The number of hydrogen-bond donors (Lipinski definition) is 1. The van der Waals surface area contributed by atoms with Crippen LogP contribution in [0, 0.1) is 0 Å². The molecule has 0 aliphatic rings. The van der Waals surface area contributed by atoms with Crippen LogP contribution in [-0.2, 0) is 0 Å². The van der Waals surface area contributed by atoms with E-state index in [1.807, 2.05) is 0 Å². The van der Waals surface area contributed by atoms with E-state index in [4.69, 9.17) is 11.6 Å². The van der Waals surface area contributed by atoms with E-state index in [2.05, 4.69) is 13.2 Å². The SMILES string of the molecule is C=CC(=C)[C@@H](O)c1ccc(Cl)cc1. The summed E-state index contributed by atoms with van der Waals surface area (Å²) in [6.07, 6.45) is 0.856. The minimum absolute atomic E-state index is 0.585. The van der Waals surface area contributed by atoms with Crippen LogP contribution in [-0.4, -0.2) is 5.11 Å². The monoisotopic (exact) mass is 194 g/mol. The fourth-order valence-electron chi connectivity index (χ4n) is 0.971. The zero-order valence-corrected chi connectivity index (χ0v) is 7.96. The molecule has 0 fully saturated rings. The minimum atomic E-state index is -0.685. The standard InChI is InChI=1S/C11H11ClO/c1-3-8(2)11(13)9-4-6-10(12)7-5-9/h3-7,11,13H,1-2H2/t11-/m1/s1. The van der Waals surface area contributed by atoms with Crippen LogP contribution in [0.5, 0.6) is 0 Å². The van der Waals surface area contributed by atoms with Gasteiger partial charge in [0.25, 0.3) is 0 Å². The summed E-state index contributed by atoms with van der Waals surface area (Å²) in [5.74, 6) is 0. The first-order chi connectivity index (χ1) is 6.15. The van der Waals surface area contributed by atoms with E-state index in [9.17, 15) is 5.11 Å². The van der Waals surface area contributed by atoms with Gasteiger partial charge in [0.05, 0.1) is 0 Å². The topological polar surface area (TPSA) is 20.2 Å². The Morgan fingerprint density at radius 2 is 1.92 bits per heavy atom. The highest BCUT2D eigenvalue weighted by Crippen LogP contribution is 2.22. The van der Waals surface area contributed by atoms with Gasteiger partial charge >= 0.3 is 0 Å². The fraction of sp³-hybridized carbons (Fsp3) is 0.0909. The average Bonchev–Trinajstić information content (AvgIpc) is 2.17. The van der Waals surface area contributed by atoms with Crippen LogP contribution in [0.3, 0.4) is 0 Å². The summed E-state index contributed by atoms with van der Waals surface area (Å²) in [5, 5.41) is 10.3. The molecule has 1 rings (SSSR count). The number of halogens is 1. The molecular formula is C11H11ClO. The molecule has 1 aromatic carbocycles. The van der Waals surface area contributed by atoms with Crippen molar-refractivity contribution < 1.29 is 5.11 Å². The number of aliphatic hydroxyl groups is 1. The van der Waals surface area contributed by atoms with Crippen molar-refractivity contribution in [2.75, 3.05) is 0 Å². The highest BCUT2D eigenvalue weighted by atomic mass is 35.5. The van der Waals surface area contributed by atoms with Gasteiger partial charge in [0, 0.05) is 5.02 Å². The van der Waals surface area contributed by atoms with Gasteiger partial charge in [-0.25, -0.2) is 0 Å². The van der Waals surface area contributed by atoms with Gasteiger partial charge in [-0.1, -0.05) is 43.0 Å². The van der Waals surface area contributed by atoms with Crippen LogP contribution in [0.25, 0.3) is 0 Å². The van der Waals surface area contributed by atoms with Crippen molar-refractivity contribution in [2.24, 2.45) is 0 Å². The molecular weight excluding hydrogens is 184 g/mol. The maximum atomic E-state index is 9.67. The predicted molar refractivity (Wildman–Crippen MR) is 55.7 cm³/mol. The summed E-state index contributed by atoms with van der Waals surface area (Å²) >= 11 is 5.71. The van der Waals surface area contributed by atoms with Crippen molar-refractivity contribution in [3.8, 4) is 0 Å². The normalized spacial score (nSPS) is 12.2. The lowest BCUT2D eigenvalue weighted by Gasteiger charge is -2.10. The molecule has 0 saturated heterocycles. The molecule has 0 spiro atoms. The Labute approximate surface area is 83.0 Å². The van der Waals surface area contributed by atoms with Gasteiger partial charge in [-0.2, -0.15) is 0 Å². The fourth-order valence-corrected chi connectivity index (χ4v) is 1.10. The van der Waals surface area contributed by atoms with E-state index in [-0.39, 0.29) is 0 Å². The van der Waals surface area contributed by atoms with E-state index >= 15 is 0 Å². The van der Waals surface area contributed by atoms with Gasteiger partial charge in [-0.15, -0.1) is 0 Å². The Morgan fingerprint density at radius 3 is 2.38 bits per heavy atom. The molecule has 0 saturated carbocycles. The third-order valence-corrected chi connectivity index (χ3v) is 2.05. The largest absolute Gasteiger partial charge is 0.384 e. The highest BCUT2D eigenvalue weighted by molar-refractivity contribution is 6.30. The summed E-state index contributed by atoms with van der Waals surface area (Å²) in [4.78, 5) is 0.